The minimum absolute atomic E-state index is 0.109. The molecule has 0 spiro atoms. The Morgan fingerprint density at radius 2 is 2.06 bits per heavy atom. The molecule has 2 rings (SSSR count). The van der Waals surface area contributed by atoms with E-state index in [0.717, 1.165) is 18.5 Å². The molecule has 1 aliphatic rings. The topological polar surface area (TPSA) is 41.5 Å². The molecule has 3 heteroatoms. The normalized spacial score (nSPS) is 24.1. The van der Waals surface area contributed by atoms with Gasteiger partial charge in [0.25, 0.3) is 0 Å². The van der Waals surface area contributed by atoms with Crippen LogP contribution in [0.2, 0.25) is 0 Å². The fraction of sp³-hybridized carbons (Fsp3) is 0.600. The summed E-state index contributed by atoms with van der Waals surface area (Å²) < 4.78 is 5.53. The molecule has 1 aromatic carbocycles. The molecule has 1 saturated carbocycles. The lowest BCUT2D eigenvalue weighted by Crippen LogP contribution is -2.42. The van der Waals surface area contributed by atoms with E-state index in [2.05, 4.69) is 17.4 Å². The van der Waals surface area contributed by atoms with E-state index in [1.807, 2.05) is 12.1 Å². The van der Waals surface area contributed by atoms with Gasteiger partial charge in [0.1, 0.15) is 0 Å². The van der Waals surface area contributed by atoms with Gasteiger partial charge in [-0.2, -0.15) is 0 Å². The molecule has 0 bridgehead atoms. The van der Waals surface area contributed by atoms with Crippen LogP contribution in [-0.4, -0.2) is 24.4 Å². The number of ether oxygens (including phenoxy) is 1. The van der Waals surface area contributed by atoms with Crippen molar-refractivity contribution in [2.24, 2.45) is 0 Å². The summed E-state index contributed by atoms with van der Waals surface area (Å²) in [5.41, 5.74) is 2.20. The number of aliphatic hydroxyl groups excluding tert-OH is 1. The van der Waals surface area contributed by atoms with Crippen molar-refractivity contribution in [2.45, 2.75) is 51.0 Å². The van der Waals surface area contributed by atoms with Crippen molar-refractivity contribution in [1.29, 1.82) is 0 Å². The Morgan fingerprint density at radius 3 is 2.83 bits per heavy atom. The molecule has 0 aliphatic heterocycles. The van der Waals surface area contributed by atoms with Crippen molar-refractivity contribution < 1.29 is 9.84 Å². The minimum Gasteiger partial charge on any atom is -0.392 e. The van der Waals surface area contributed by atoms with Gasteiger partial charge in [0, 0.05) is 19.7 Å². The van der Waals surface area contributed by atoms with Gasteiger partial charge in [0.05, 0.1) is 12.7 Å². The predicted molar refractivity (Wildman–Crippen MR) is 72.3 cm³/mol. The van der Waals surface area contributed by atoms with E-state index in [4.69, 9.17) is 9.84 Å². The first-order chi connectivity index (χ1) is 8.83. The summed E-state index contributed by atoms with van der Waals surface area (Å²) in [6.07, 6.45) is 5.26. The first kappa shape index (κ1) is 13.5. The van der Waals surface area contributed by atoms with Gasteiger partial charge in [-0.1, -0.05) is 37.1 Å². The van der Waals surface area contributed by atoms with E-state index in [1.165, 1.54) is 24.8 Å². The zero-order valence-electron chi connectivity index (χ0n) is 11.1. The molecule has 0 amide bonds. The lowest BCUT2D eigenvalue weighted by molar-refractivity contribution is 0.0413. The number of hydrogen-bond acceptors (Lipinski definition) is 3. The average Bonchev–Trinajstić information content (AvgIpc) is 2.45. The smallest absolute Gasteiger partial charge is 0.0724 e. The SMILES string of the molecule is COC1CCCCC1NCc1cccc(CO)c1. The first-order valence-electron chi connectivity index (χ1n) is 6.78. The maximum atomic E-state index is 9.12. The molecule has 2 N–H and O–H groups in total. The van der Waals surface area contributed by atoms with Crippen molar-refractivity contribution in [2.75, 3.05) is 7.11 Å². The van der Waals surface area contributed by atoms with Crippen LogP contribution >= 0.6 is 0 Å². The molecule has 0 saturated heterocycles. The molecule has 1 aromatic rings. The highest BCUT2D eigenvalue weighted by Crippen LogP contribution is 2.21. The van der Waals surface area contributed by atoms with Gasteiger partial charge in [-0.25, -0.2) is 0 Å². The van der Waals surface area contributed by atoms with Gasteiger partial charge in [-0.3, -0.25) is 0 Å². The Balaban J connectivity index is 1.89. The molecule has 18 heavy (non-hydrogen) atoms. The monoisotopic (exact) mass is 249 g/mol. The third kappa shape index (κ3) is 3.55. The van der Waals surface area contributed by atoms with Crippen molar-refractivity contribution in [3.05, 3.63) is 35.4 Å². The lowest BCUT2D eigenvalue weighted by atomic mass is 9.92. The van der Waals surface area contributed by atoms with Gasteiger partial charge in [0.2, 0.25) is 0 Å². The highest BCUT2D eigenvalue weighted by molar-refractivity contribution is 5.22. The van der Waals surface area contributed by atoms with Crippen LogP contribution in [0.4, 0.5) is 0 Å². The molecule has 0 heterocycles. The first-order valence-corrected chi connectivity index (χ1v) is 6.78. The third-order valence-electron chi connectivity index (χ3n) is 3.75. The van der Waals surface area contributed by atoms with E-state index in [-0.39, 0.29) is 6.61 Å². The van der Waals surface area contributed by atoms with E-state index >= 15 is 0 Å². The summed E-state index contributed by atoms with van der Waals surface area (Å²) >= 11 is 0. The van der Waals surface area contributed by atoms with E-state index < -0.39 is 0 Å². The Labute approximate surface area is 109 Å². The molecular formula is C15H23NO2. The van der Waals surface area contributed by atoms with Gasteiger partial charge in [0.15, 0.2) is 0 Å². The zero-order valence-corrected chi connectivity index (χ0v) is 11.1. The van der Waals surface area contributed by atoms with Crippen molar-refractivity contribution in [1.82, 2.24) is 5.32 Å². The number of benzene rings is 1. The fourth-order valence-electron chi connectivity index (χ4n) is 2.70. The number of nitrogens with one attached hydrogen (secondary N) is 1. The molecule has 100 valence electrons. The standard InChI is InChI=1S/C15H23NO2/c1-18-15-8-3-2-7-14(15)16-10-12-5-4-6-13(9-12)11-17/h4-6,9,14-17H,2-3,7-8,10-11H2,1H3. The summed E-state index contributed by atoms with van der Waals surface area (Å²) in [5, 5.41) is 12.7. The fourth-order valence-corrected chi connectivity index (χ4v) is 2.70. The summed E-state index contributed by atoms with van der Waals surface area (Å²) in [7, 11) is 1.80. The largest absolute Gasteiger partial charge is 0.392 e. The quantitative estimate of drug-likeness (QED) is 0.841. The van der Waals surface area contributed by atoms with E-state index in [1.54, 1.807) is 7.11 Å². The van der Waals surface area contributed by atoms with Crippen LogP contribution in [0.1, 0.15) is 36.8 Å². The highest BCUT2D eigenvalue weighted by atomic mass is 16.5. The summed E-state index contributed by atoms with van der Waals surface area (Å²) in [4.78, 5) is 0. The maximum absolute atomic E-state index is 9.12. The molecular weight excluding hydrogens is 226 g/mol. The molecule has 0 radical (unpaired) electrons. The number of methoxy groups -OCH3 is 1. The van der Waals surface area contributed by atoms with E-state index in [9.17, 15) is 0 Å². The van der Waals surface area contributed by atoms with Crippen molar-refractivity contribution in [3.8, 4) is 0 Å². The maximum Gasteiger partial charge on any atom is 0.0724 e. The number of aliphatic hydroxyl groups is 1. The molecule has 2 unspecified atom stereocenters. The number of rotatable bonds is 5. The van der Waals surface area contributed by atoms with Crippen LogP contribution in [0.5, 0.6) is 0 Å². The van der Waals surface area contributed by atoms with Gasteiger partial charge in [-0.15, -0.1) is 0 Å². The molecule has 1 aliphatic carbocycles. The average molecular weight is 249 g/mol. The van der Waals surface area contributed by atoms with E-state index in [0.29, 0.717) is 12.1 Å². The Kier molecular flexibility index (Phi) is 5.17. The summed E-state index contributed by atoms with van der Waals surface area (Å²) in [6.45, 7) is 0.955. The Hall–Kier alpha value is -0.900. The van der Waals surface area contributed by atoms with Gasteiger partial charge in [-0.05, 0) is 24.0 Å². The summed E-state index contributed by atoms with van der Waals surface area (Å²) in [6, 6.07) is 8.55. The van der Waals surface area contributed by atoms with Crippen LogP contribution < -0.4 is 5.32 Å². The molecule has 0 aromatic heterocycles. The second-order valence-electron chi connectivity index (χ2n) is 5.02. The van der Waals surface area contributed by atoms with Gasteiger partial charge >= 0.3 is 0 Å². The van der Waals surface area contributed by atoms with Crippen molar-refractivity contribution >= 4 is 0 Å². The van der Waals surface area contributed by atoms with Crippen LogP contribution in [0.25, 0.3) is 0 Å². The second kappa shape index (κ2) is 6.88. The predicted octanol–water partition coefficient (Wildman–Crippen LogP) is 2.23. The van der Waals surface area contributed by atoms with Crippen LogP contribution in [0.3, 0.4) is 0 Å². The molecule has 3 nitrogen and oxygen atoms in total. The van der Waals surface area contributed by atoms with Crippen LogP contribution in [0.15, 0.2) is 24.3 Å². The van der Waals surface area contributed by atoms with Crippen molar-refractivity contribution in [3.63, 3.8) is 0 Å². The van der Waals surface area contributed by atoms with Gasteiger partial charge < -0.3 is 15.2 Å². The zero-order chi connectivity index (χ0) is 12.8. The second-order valence-corrected chi connectivity index (χ2v) is 5.02. The Morgan fingerprint density at radius 1 is 1.28 bits per heavy atom. The number of hydrogen-bond donors (Lipinski definition) is 2. The van der Waals surface area contributed by atoms with Crippen LogP contribution in [-0.2, 0) is 17.9 Å². The Bertz CT molecular complexity index is 367. The minimum atomic E-state index is 0.109. The lowest BCUT2D eigenvalue weighted by Gasteiger charge is -2.31. The third-order valence-corrected chi connectivity index (χ3v) is 3.75. The highest BCUT2D eigenvalue weighted by Gasteiger charge is 2.23. The van der Waals surface area contributed by atoms with Crippen LogP contribution in [0, 0.1) is 0 Å². The summed E-state index contributed by atoms with van der Waals surface area (Å²) in [5.74, 6) is 0. The molecule has 2 atom stereocenters. The molecule has 1 fully saturated rings.